The first-order valence-corrected chi connectivity index (χ1v) is 7.41. The molecule has 2 rings (SSSR count). The molecule has 0 bridgehead atoms. The molecule has 2 aliphatic rings. The molecule has 2 heterocycles. The first-order chi connectivity index (χ1) is 8.70. The standard InChI is InChI=1S/C14H29N3O/c1-16-7-5-12(6-8-16)11-17(2)13(10-15)14-4-3-9-18-14/h12-14H,3-11,15H2,1-2H3. The number of hydrogen-bond donors (Lipinski definition) is 1. The Morgan fingerprint density at radius 1 is 1.33 bits per heavy atom. The summed E-state index contributed by atoms with van der Waals surface area (Å²) in [6, 6.07) is 0.409. The van der Waals surface area contributed by atoms with E-state index in [1.54, 1.807) is 0 Å². The van der Waals surface area contributed by atoms with Gasteiger partial charge in [-0.1, -0.05) is 0 Å². The van der Waals surface area contributed by atoms with Crippen LogP contribution in [0, 0.1) is 5.92 Å². The van der Waals surface area contributed by atoms with Crippen molar-refractivity contribution in [1.82, 2.24) is 9.80 Å². The lowest BCUT2D eigenvalue weighted by Crippen LogP contribution is -2.48. The van der Waals surface area contributed by atoms with E-state index in [2.05, 4.69) is 23.9 Å². The van der Waals surface area contributed by atoms with Crippen LogP contribution >= 0.6 is 0 Å². The molecule has 2 saturated heterocycles. The van der Waals surface area contributed by atoms with Gasteiger partial charge in [0.1, 0.15) is 0 Å². The van der Waals surface area contributed by atoms with Crippen LogP contribution in [0.3, 0.4) is 0 Å². The fraction of sp³-hybridized carbons (Fsp3) is 1.00. The van der Waals surface area contributed by atoms with Gasteiger partial charge in [0.25, 0.3) is 0 Å². The molecular formula is C14H29N3O. The lowest BCUT2D eigenvalue weighted by atomic mass is 9.95. The SMILES string of the molecule is CN1CCC(CN(C)C(CN)C2CCCO2)CC1. The van der Waals surface area contributed by atoms with E-state index in [1.165, 1.54) is 45.3 Å². The number of nitrogens with zero attached hydrogens (tertiary/aromatic N) is 2. The summed E-state index contributed by atoms with van der Waals surface area (Å²) in [5, 5.41) is 0. The van der Waals surface area contributed by atoms with E-state index in [4.69, 9.17) is 10.5 Å². The van der Waals surface area contributed by atoms with Gasteiger partial charge in [0.2, 0.25) is 0 Å². The smallest absolute Gasteiger partial charge is 0.0743 e. The third kappa shape index (κ3) is 3.67. The predicted octanol–water partition coefficient (Wildman–Crippen LogP) is 0.766. The third-order valence-corrected chi connectivity index (χ3v) is 4.59. The van der Waals surface area contributed by atoms with Crippen LogP contribution in [0.5, 0.6) is 0 Å². The highest BCUT2D eigenvalue weighted by atomic mass is 16.5. The minimum atomic E-state index is 0.367. The van der Waals surface area contributed by atoms with E-state index >= 15 is 0 Å². The molecule has 0 aliphatic carbocycles. The van der Waals surface area contributed by atoms with Gasteiger partial charge in [-0.2, -0.15) is 0 Å². The van der Waals surface area contributed by atoms with Crippen molar-refractivity contribution in [2.24, 2.45) is 11.7 Å². The zero-order chi connectivity index (χ0) is 13.0. The maximum atomic E-state index is 5.95. The van der Waals surface area contributed by atoms with E-state index in [0.717, 1.165) is 12.5 Å². The third-order valence-electron chi connectivity index (χ3n) is 4.59. The molecular weight excluding hydrogens is 226 g/mol. The monoisotopic (exact) mass is 255 g/mol. The summed E-state index contributed by atoms with van der Waals surface area (Å²) in [6.07, 6.45) is 5.39. The zero-order valence-electron chi connectivity index (χ0n) is 12.0. The Morgan fingerprint density at radius 2 is 2.06 bits per heavy atom. The van der Waals surface area contributed by atoms with Crippen LogP contribution in [0.4, 0.5) is 0 Å². The van der Waals surface area contributed by atoms with Gasteiger partial charge < -0.3 is 15.4 Å². The van der Waals surface area contributed by atoms with Gasteiger partial charge in [-0.3, -0.25) is 4.90 Å². The van der Waals surface area contributed by atoms with Crippen molar-refractivity contribution in [2.75, 3.05) is 46.9 Å². The maximum Gasteiger partial charge on any atom is 0.0743 e. The summed E-state index contributed by atoms with van der Waals surface area (Å²) in [5.74, 6) is 0.835. The highest BCUT2D eigenvalue weighted by Crippen LogP contribution is 2.22. The minimum Gasteiger partial charge on any atom is -0.377 e. The van der Waals surface area contributed by atoms with Crippen molar-refractivity contribution in [3.63, 3.8) is 0 Å². The Labute approximate surface area is 111 Å². The number of nitrogens with two attached hydrogens (primary N) is 1. The second-order valence-corrected chi connectivity index (χ2v) is 6.04. The zero-order valence-corrected chi connectivity index (χ0v) is 12.0. The van der Waals surface area contributed by atoms with Crippen LogP contribution in [-0.2, 0) is 4.74 Å². The van der Waals surface area contributed by atoms with E-state index in [0.29, 0.717) is 18.7 Å². The molecule has 2 unspecified atom stereocenters. The quantitative estimate of drug-likeness (QED) is 0.788. The Balaban J connectivity index is 1.79. The topological polar surface area (TPSA) is 41.7 Å². The molecule has 4 nitrogen and oxygen atoms in total. The Kier molecular flexibility index (Phi) is 5.42. The molecule has 18 heavy (non-hydrogen) atoms. The molecule has 2 N–H and O–H groups in total. The van der Waals surface area contributed by atoms with Gasteiger partial charge in [-0.15, -0.1) is 0 Å². The van der Waals surface area contributed by atoms with Crippen molar-refractivity contribution in [1.29, 1.82) is 0 Å². The normalized spacial score (nSPS) is 29.0. The minimum absolute atomic E-state index is 0.367. The van der Waals surface area contributed by atoms with Gasteiger partial charge >= 0.3 is 0 Å². The van der Waals surface area contributed by atoms with Crippen molar-refractivity contribution >= 4 is 0 Å². The number of piperidine rings is 1. The fourth-order valence-electron chi connectivity index (χ4n) is 3.31. The summed E-state index contributed by atoms with van der Waals surface area (Å²) in [5.41, 5.74) is 5.95. The summed E-state index contributed by atoms with van der Waals surface area (Å²) < 4.78 is 5.80. The molecule has 2 aliphatic heterocycles. The molecule has 106 valence electrons. The van der Waals surface area contributed by atoms with Crippen LogP contribution in [0.1, 0.15) is 25.7 Å². The second kappa shape index (κ2) is 6.85. The van der Waals surface area contributed by atoms with E-state index in [-0.39, 0.29) is 0 Å². The van der Waals surface area contributed by atoms with Gasteiger partial charge in [-0.25, -0.2) is 0 Å². The molecule has 2 fully saturated rings. The number of hydrogen-bond acceptors (Lipinski definition) is 4. The summed E-state index contributed by atoms with van der Waals surface area (Å²) in [6.45, 7) is 5.30. The number of likely N-dealkylation sites (N-methyl/N-ethyl adjacent to an activating group) is 1. The summed E-state index contributed by atoms with van der Waals surface area (Å²) in [7, 11) is 4.44. The average Bonchev–Trinajstić information content (AvgIpc) is 2.87. The van der Waals surface area contributed by atoms with Gasteiger partial charge in [0.15, 0.2) is 0 Å². The average molecular weight is 255 g/mol. The largest absolute Gasteiger partial charge is 0.377 e. The predicted molar refractivity (Wildman–Crippen MR) is 74.7 cm³/mol. The van der Waals surface area contributed by atoms with Gasteiger partial charge in [0, 0.05) is 25.7 Å². The van der Waals surface area contributed by atoms with Crippen molar-refractivity contribution in [2.45, 2.75) is 37.8 Å². The van der Waals surface area contributed by atoms with Crippen molar-refractivity contribution in [3.8, 4) is 0 Å². The molecule has 0 aromatic heterocycles. The molecule has 0 radical (unpaired) electrons. The van der Waals surface area contributed by atoms with E-state index < -0.39 is 0 Å². The summed E-state index contributed by atoms with van der Waals surface area (Å²) >= 11 is 0. The van der Waals surface area contributed by atoms with Gasteiger partial charge in [-0.05, 0) is 58.8 Å². The second-order valence-electron chi connectivity index (χ2n) is 6.04. The number of ether oxygens (including phenoxy) is 1. The molecule has 0 aromatic rings. The van der Waals surface area contributed by atoms with Gasteiger partial charge in [0.05, 0.1) is 6.10 Å². The Morgan fingerprint density at radius 3 is 2.61 bits per heavy atom. The fourth-order valence-corrected chi connectivity index (χ4v) is 3.31. The van der Waals surface area contributed by atoms with Crippen LogP contribution in [0.2, 0.25) is 0 Å². The lowest BCUT2D eigenvalue weighted by molar-refractivity contribution is 0.0279. The van der Waals surface area contributed by atoms with E-state index in [9.17, 15) is 0 Å². The molecule has 0 amide bonds. The number of rotatable bonds is 5. The lowest BCUT2D eigenvalue weighted by Gasteiger charge is -2.36. The van der Waals surface area contributed by atoms with Crippen LogP contribution in [0.15, 0.2) is 0 Å². The highest BCUT2D eigenvalue weighted by Gasteiger charge is 2.29. The molecule has 2 atom stereocenters. The Bertz CT molecular complexity index is 235. The Hall–Kier alpha value is -0.160. The van der Waals surface area contributed by atoms with Crippen molar-refractivity contribution in [3.05, 3.63) is 0 Å². The van der Waals surface area contributed by atoms with Crippen molar-refractivity contribution < 1.29 is 4.74 Å². The van der Waals surface area contributed by atoms with Crippen LogP contribution in [-0.4, -0.2) is 68.8 Å². The van der Waals surface area contributed by atoms with E-state index in [1.807, 2.05) is 0 Å². The number of likely N-dealkylation sites (tertiary alicyclic amines) is 1. The first-order valence-electron chi connectivity index (χ1n) is 7.41. The molecule has 0 saturated carbocycles. The highest BCUT2D eigenvalue weighted by molar-refractivity contribution is 4.84. The maximum absolute atomic E-state index is 5.95. The van der Waals surface area contributed by atoms with Crippen LogP contribution < -0.4 is 5.73 Å². The molecule has 0 aromatic carbocycles. The first kappa shape index (κ1) is 14.3. The van der Waals surface area contributed by atoms with Crippen LogP contribution in [0.25, 0.3) is 0 Å². The molecule has 0 spiro atoms. The summed E-state index contributed by atoms with van der Waals surface area (Å²) in [4.78, 5) is 4.88. The molecule has 4 heteroatoms.